The van der Waals surface area contributed by atoms with Crippen LogP contribution in [0.15, 0.2) is 18.2 Å². The van der Waals surface area contributed by atoms with Gasteiger partial charge in [0.15, 0.2) is 18.1 Å². The van der Waals surface area contributed by atoms with Gasteiger partial charge in [0.1, 0.15) is 5.56 Å². The molecule has 6 heteroatoms. The number of carboxylic acids is 1. The standard InChI is InChI=1S/C14H19NO5/c1-14(2,3)15-11(16)8-20-12-9(13(17)18)6-5-7-10(12)19-4/h5-7H,8H2,1-4H3,(H,15,16)(H,17,18). The second-order valence-corrected chi connectivity index (χ2v) is 5.23. The van der Waals surface area contributed by atoms with E-state index in [9.17, 15) is 9.59 Å². The zero-order chi connectivity index (χ0) is 15.3. The number of hydrogen-bond acceptors (Lipinski definition) is 4. The van der Waals surface area contributed by atoms with Gasteiger partial charge < -0.3 is 19.9 Å². The van der Waals surface area contributed by atoms with E-state index >= 15 is 0 Å². The van der Waals surface area contributed by atoms with E-state index in [1.54, 1.807) is 12.1 Å². The summed E-state index contributed by atoms with van der Waals surface area (Å²) in [5.41, 5.74) is -0.426. The van der Waals surface area contributed by atoms with E-state index in [1.807, 2.05) is 20.8 Å². The summed E-state index contributed by atoms with van der Waals surface area (Å²) in [4.78, 5) is 22.8. The molecule has 0 radical (unpaired) electrons. The summed E-state index contributed by atoms with van der Waals surface area (Å²) in [6, 6.07) is 4.51. The zero-order valence-electron chi connectivity index (χ0n) is 12.0. The summed E-state index contributed by atoms with van der Waals surface area (Å²) in [7, 11) is 1.41. The summed E-state index contributed by atoms with van der Waals surface area (Å²) in [6.45, 7) is 5.25. The summed E-state index contributed by atoms with van der Waals surface area (Å²) >= 11 is 0. The van der Waals surface area contributed by atoms with Crippen molar-refractivity contribution < 1.29 is 24.2 Å². The number of carbonyl (C=O) groups is 2. The first kappa shape index (κ1) is 15.8. The van der Waals surface area contributed by atoms with E-state index in [4.69, 9.17) is 14.6 Å². The van der Waals surface area contributed by atoms with Crippen molar-refractivity contribution in [1.82, 2.24) is 5.32 Å². The predicted octanol–water partition coefficient (Wildman–Crippen LogP) is 1.69. The normalized spacial score (nSPS) is 10.8. The van der Waals surface area contributed by atoms with E-state index < -0.39 is 5.97 Å². The number of carboxylic acid groups (broad SMARTS) is 1. The third kappa shape index (κ3) is 4.46. The molecule has 1 aromatic carbocycles. The first-order valence-electron chi connectivity index (χ1n) is 6.08. The number of aromatic carboxylic acids is 1. The Morgan fingerprint density at radius 2 is 1.95 bits per heavy atom. The molecule has 0 aliphatic carbocycles. The van der Waals surface area contributed by atoms with Crippen LogP contribution in [-0.4, -0.2) is 36.2 Å². The number of methoxy groups -OCH3 is 1. The van der Waals surface area contributed by atoms with Crippen LogP contribution in [0.5, 0.6) is 11.5 Å². The van der Waals surface area contributed by atoms with Crippen molar-refractivity contribution in [2.24, 2.45) is 0 Å². The Morgan fingerprint density at radius 1 is 1.30 bits per heavy atom. The van der Waals surface area contributed by atoms with Crippen molar-refractivity contribution in [3.63, 3.8) is 0 Å². The number of benzene rings is 1. The fraction of sp³-hybridized carbons (Fsp3) is 0.429. The molecular formula is C14H19NO5. The Morgan fingerprint density at radius 3 is 2.45 bits per heavy atom. The van der Waals surface area contributed by atoms with Crippen LogP contribution < -0.4 is 14.8 Å². The van der Waals surface area contributed by atoms with Gasteiger partial charge in [-0.1, -0.05) is 6.07 Å². The molecule has 0 aliphatic rings. The van der Waals surface area contributed by atoms with Crippen molar-refractivity contribution >= 4 is 11.9 Å². The predicted molar refractivity (Wildman–Crippen MR) is 73.3 cm³/mol. The first-order chi connectivity index (χ1) is 9.24. The molecule has 0 saturated carbocycles. The number of carbonyl (C=O) groups excluding carboxylic acids is 1. The highest BCUT2D eigenvalue weighted by Gasteiger charge is 2.19. The molecule has 0 saturated heterocycles. The lowest BCUT2D eigenvalue weighted by atomic mass is 10.1. The lowest BCUT2D eigenvalue weighted by Crippen LogP contribution is -2.43. The summed E-state index contributed by atoms with van der Waals surface area (Å²) in [5.74, 6) is -1.16. The SMILES string of the molecule is COc1cccc(C(=O)O)c1OCC(=O)NC(C)(C)C. The van der Waals surface area contributed by atoms with Gasteiger partial charge in [-0.15, -0.1) is 0 Å². The average molecular weight is 281 g/mol. The van der Waals surface area contributed by atoms with Crippen LogP contribution >= 0.6 is 0 Å². The third-order valence-corrected chi connectivity index (χ3v) is 2.29. The minimum atomic E-state index is -1.14. The van der Waals surface area contributed by atoms with Gasteiger partial charge in [-0.3, -0.25) is 4.79 Å². The highest BCUT2D eigenvalue weighted by atomic mass is 16.5. The summed E-state index contributed by atoms with van der Waals surface area (Å²) in [5, 5.41) is 11.8. The molecule has 0 atom stereocenters. The lowest BCUT2D eigenvalue weighted by molar-refractivity contribution is -0.124. The first-order valence-corrected chi connectivity index (χ1v) is 6.08. The van der Waals surface area contributed by atoms with Gasteiger partial charge in [0.25, 0.3) is 5.91 Å². The molecule has 6 nitrogen and oxygen atoms in total. The molecule has 0 bridgehead atoms. The van der Waals surface area contributed by atoms with Gasteiger partial charge >= 0.3 is 5.97 Å². The number of nitrogens with one attached hydrogen (secondary N) is 1. The number of rotatable bonds is 5. The highest BCUT2D eigenvalue weighted by Crippen LogP contribution is 2.30. The Kier molecular flexibility index (Phi) is 4.96. The molecule has 1 rings (SSSR count). The topological polar surface area (TPSA) is 84.9 Å². The molecule has 20 heavy (non-hydrogen) atoms. The van der Waals surface area contributed by atoms with Crippen LogP contribution in [0.1, 0.15) is 31.1 Å². The minimum Gasteiger partial charge on any atom is -0.493 e. The largest absolute Gasteiger partial charge is 0.493 e. The Labute approximate surface area is 117 Å². The van der Waals surface area contributed by atoms with Crippen LogP contribution in [0.3, 0.4) is 0 Å². The number of amides is 1. The second-order valence-electron chi connectivity index (χ2n) is 5.23. The molecule has 1 amide bonds. The smallest absolute Gasteiger partial charge is 0.339 e. The third-order valence-electron chi connectivity index (χ3n) is 2.29. The Hall–Kier alpha value is -2.24. The maximum absolute atomic E-state index is 11.7. The van der Waals surface area contributed by atoms with Crippen LogP contribution in [0.25, 0.3) is 0 Å². The van der Waals surface area contributed by atoms with Crippen LogP contribution in [0.2, 0.25) is 0 Å². The molecule has 0 heterocycles. The quantitative estimate of drug-likeness (QED) is 0.858. The number of ether oxygens (including phenoxy) is 2. The Bertz CT molecular complexity index is 505. The molecule has 0 unspecified atom stereocenters. The molecule has 1 aromatic rings. The average Bonchev–Trinajstić information content (AvgIpc) is 2.33. The summed E-state index contributed by atoms with van der Waals surface area (Å²) in [6.07, 6.45) is 0. The van der Waals surface area contributed by atoms with Crippen molar-refractivity contribution in [2.45, 2.75) is 26.3 Å². The fourth-order valence-corrected chi connectivity index (χ4v) is 1.59. The number of para-hydroxylation sites is 1. The van der Waals surface area contributed by atoms with E-state index in [0.29, 0.717) is 0 Å². The van der Waals surface area contributed by atoms with Crippen LogP contribution in [0.4, 0.5) is 0 Å². The van der Waals surface area contributed by atoms with Crippen LogP contribution in [-0.2, 0) is 4.79 Å². The highest BCUT2D eigenvalue weighted by molar-refractivity contribution is 5.92. The molecule has 110 valence electrons. The fourth-order valence-electron chi connectivity index (χ4n) is 1.59. The van der Waals surface area contributed by atoms with Gasteiger partial charge in [0, 0.05) is 5.54 Å². The molecule has 0 aromatic heterocycles. The monoisotopic (exact) mass is 281 g/mol. The van der Waals surface area contributed by atoms with Gasteiger partial charge in [-0.05, 0) is 32.9 Å². The van der Waals surface area contributed by atoms with E-state index in [-0.39, 0.29) is 35.1 Å². The van der Waals surface area contributed by atoms with E-state index in [2.05, 4.69) is 5.32 Å². The van der Waals surface area contributed by atoms with Crippen molar-refractivity contribution in [3.05, 3.63) is 23.8 Å². The van der Waals surface area contributed by atoms with Gasteiger partial charge in [0.05, 0.1) is 7.11 Å². The summed E-state index contributed by atoms with van der Waals surface area (Å²) < 4.78 is 10.4. The van der Waals surface area contributed by atoms with Crippen LogP contribution in [0, 0.1) is 0 Å². The molecule has 0 aliphatic heterocycles. The van der Waals surface area contributed by atoms with Crippen molar-refractivity contribution in [2.75, 3.05) is 13.7 Å². The molecule has 0 fully saturated rings. The maximum Gasteiger partial charge on any atom is 0.339 e. The molecular weight excluding hydrogens is 262 g/mol. The lowest BCUT2D eigenvalue weighted by Gasteiger charge is -2.21. The Balaban J connectivity index is 2.86. The maximum atomic E-state index is 11.7. The van der Waals surface area contributed by atoms with Crippen molar-refractivity contribution in [3.8, 4) is 11.5 Å². The number of hydrogen-bond donors (Lipinski definition) is 2. The minimum absolute atomic E-state index is 0.0477. The van der Waals surface area contributed by atoms with E-state index in [1.165, 1.54) is 13.2 Å². The van der Waals surface area contributed by atoms with Crippen molar-refractivity contribution in [1.29, 1.82) is 0 Å². The molecule has 2 N–H and O–H groups in total. The van der Waals surface area contributed by atoms with Gasteiger partial charge in [0.2, 0.25) is 0 Å². The van der Waals surface area contributed by atoms with E-state index in [0.717, 1.165) is 0 Å². The molecule has 0 spiro atoms. The van der Waals surface area contributed by atoms with Gasteiger partial charge in [-0.2, -0.15) is 0 Å². The van der Waals surface area contributed by atoms with Gasteiger partial charge in [-0.25, -0.2) is 4.79 Å². The zero-order valence-corrected chi connectivity index (χ0v) is 12.0. The second kappa shape index (κ2) is 6.27.